The molecule has 0 saturated carbocycles. The predicted octanol–water partition coefficient (Wildman–Crippen LogP) is 3.89. The van der Waals surface area contributed by atoms with Crippen LogP contribution in [0.15, 0.2) is 71.7 Å². The maximum Gasteiger partial charge on any atom is 0.243 e. The van der Waals surface area contributed by atoms with E-state index in [-0.39, 0.29) is 5.92 Å². The van der Waals surface area contributed by atoms with E-state index < -0.39 is 10.0 Å². The third-order valence-electron chi connectivity index (χ3n) is 4.62. The van der Waals surface area contributed by atoms with Crippen LogP contribution >= 0.6 is 0 Å². The molecule has 0 aromatic heterocycles. The summed E-state index contributed by atoms with van der Waals surface area (Å²) in [5.41, 5.74) is 3.05. The number of hydrogen-bond acceptors (Lipinski definition) is 3. The predicted molar refractivity (Wildman–Crippen MR) is 105 cm³/mol. The Morgan fingerprint density at radius 3 is 2.58 bits per heavy atom. The topological polar surface area (TPSA) is 46.6 Å². The van der Waals surface area contributed by atoms with E-state index in [0.717, 1.165) is 22.4 Å². The molecule has 4 nitrogen and oxygen atoms in total. The number of methoxy groups -OCH3 is 1. The first-order chi connectivity index (χ1) is 12.4. The first kappa shape index (κ1) is 18.4. The Morgan fingerprint density at radius 2 is 1.92 bits per heavy atom. The van der Waals surface area contributed by atoms with Crippen molar-refractivity contribution in [3.63, 3.8) is 0 Å². The zero-order valence-electron chi connectivity index (χ0n) is 15.1. The smallest absolute Gasteiger partial charge is 0.243 e. The number of aryl methyl sites for hydroxylation is 1. The number of ether oxygens (including phenoxy) is 1. The maximum absolute atomic E-state index is 13.0. The van der Waals surface area contributed by atoms with Gasteiger partial charge in [0.1, 0.15) is 5.75 Å². The molecule has 1 atom stereocenters. The van der Waals surface area contributed by atoms with Crippen LogP contribution in [0, 0.1) is 12.8 Å². The van der Waals surface area contributed by atoms with Crippen molar-refractivity contribution in [2.24, 2.45) is 5.92 Å². The second-order valence-electron chi connectivity index (χ2n) is 6.45. The molecule has 0 spiro atoms. The summed E-state index contributed by atoms with van der Waals surface area (Å²) in [6.07, 6.45) is 3.84. The molecule has 26 heavy (non-hydrogen) atoms. The maximum atomic E-state index is 13.0. The third kappa shape index (κ3) is 3.74. The van der Waals surface area contributed by atoms with Crippen LogP contribution in [0.5, 0.6) is 5.75 Å². The van der Waals surface area contributed by atoms with Gasteiger partial charge in [-0.2, -0.15) is 4.31 Å². The highest BCUT2D eigenvalue weighted by atomic mass is 32.2. The standard InChI is InChI=1S/C21H23NO3S/c1-4-18-14-22(26(23,24)21-10-8-16(2)9-11-21)15-19(18)12-17-6-5-7-20(13-17)25-3/h4-13,18H,1,14-15H2,2-3H3/b19-12+/t18-/m1/s1. The zero-order chi connectivity index (χ0) is 18.7. The summed E-state index contributed by atoms with van der Waals surface area (Å²) in [5, 5.41) is 0. The number of hydrogen-bond donors (Lipinski definition) is 0. The van der Waals surface area contributed by atoms with Crippen molar-refractivity contribution >= 4 is 16.1 Å². The Balaban J connectivity index is 1.90. The molecule has 2 aromatic carbocycles. The molecule has 0 radical (unpaired) electrons. The second kappa shape index (κ2) is 7.48. The molecule has 5 heteroatoms. The monoisotopic (exact) mass is 369 g/mol. The SMILES string of the molecule is C=C[C@@H]1CN(S(=O)(=O)c2ccc(C)cc2)C/C1=C\c1cccc(OC)c1. The molecular formula is C21H23NO3S. The highest BCUT2D eigenvalue weighted by Gasteiger charge is 2.34. The lowest BCUT2D eigenvalue weighted by molar-refractivity contribution is 0.414. The van der Waals surface area contributed by atoms with Gasteiger partial charge in [0.05, 0.1) is 12.0 Å². The first-order valence-corrected chi connectivity index (χ1v) is 9.92. The van der Waals surface area contributed by atoms with Crippen LogP contribution in [0.25, 0.3) is 6.08 Å². The summed E-state index contributed by atoms with van der Waals surface area (Å²) < 4.78 is 32.7. The van der Waals surface area contributed by atoms with Crippen molar-refractivity contribution in [3.8, 4) is 5.75 Å². The molecule has 1 fully saturated rings. The van der Waals surface area contributed by atoms with E-state index in [9.17, 15) is 8.42 Å². The fourth-order valence-corrected chi connectivity index (χ4v) is 4.54. The van der Waals surface area contributed by atoms with Crippen molar-refractivity contribution in [1.82, 2.24) is 4.31 Å². The largest absolute Gasteiger partial charge is 0.497 e. The molecule has 0 unspecified atom stereocenters. The lowest BCUT2D eigenvalue weighted by Gasteiger charge is -2.15. The van der Waals surface area contributed by atoms with Gasteiger partial charge >= 0.3 is 0 Å². The summed E-state index contributed by atoms with van der Waals surface area (Å²) >= 11 is 0. The van der Waals surface area contributed by atoms with Crippen LogP contribution in [0.2, 0.25) is 0 Å². The van der Waals surface area contributed by atoms with Crippen LogP contribution in [-0.4, -0.2) is 32.9 Å². The third-order valence-corrected chi connectivity index (χ3v) is 6.45. The van der Waals surface area contributed by atoms with E-state index in [1.54, 1.807) is 19.2 Å². The van der Waals surface area contributed by atoms with Gasteiger partial charge in [-0.15, -0.1) is 6.58 Å². The lowest BCUT2D eigenvalue weighted by atomic mass is 10.0. The Kier molecular flexibility index (Phi) is 5.30. The first-order valence-electron chi connectivity index (χ1n) is 8.48. The Bertz CT molecular complexity index is 930. The quantitative estimate of drug-likeness (QED) is 0.751. The number of sulfonamides is 1. The molecule has 0 bridgehead atoms. The normalized spacial score (nSPS) is 19.6. The summed E-state index contributed by atoms with van der Waals surface area (Å²) in [4.78, 5) is 0.327. The number of benzene rings is 2. The average molecular weight is 369 g/mol. The summed E-state index contributed by atoms with van der Waals surface area (Å²) in [5.74, 6) is 0.776. The minimum absolute atomic E-state index is 0.00132. The molecule has 3 rings (SSSR count). The van der Waals surface area contributed by atoms with Crippen LogP contribution < -0.4 is 4.74 Å². The van der Waals surface area contributed by atoms with E-state index >= 15 is 0 Å². The molecule has 0 amide bonds. The van der Waals surface area contributed by atoms with E-state index in [2.05, 4.69) is 6.58 Å². The Morgan fingerprint density at radius 1 is 1.19 bits per heavy atom. The molecule has 1 aliphatic heterocycles. The molecule has 2 aromatic rings. The van der Waals surface area contributed by atoms with Crippen LogP contribution in [0.1, 0.15) is 11.1 Å². The minimum Gasteiger partial charge on any atom is -0.497 e. The molecular weight excluding hydrogens is 346 g/mol. The summed E-state index contributed by atoms with van der Waals surface area (Å²) in [6, 6.07) is 14.7. The van der Waals surface area contributed by atoms with Gasteiger partial charge in [-0.3, -0.25) is 0 Å². The summed E-state index contributed by atoms with van der Waals surface area (Å²) in [7, 11) is -1.89. The van der Waals surface area contributed by atoms with Gasteiger partial charge in [0, 0.05) is 19.0 Å². The van der Waals surface area contributed by atoms with E-state index in [4.69, 9.17) is 4.74 Å². The van der Waals surface area contributed by atoms with Crippen LogP contribution in [0.4, 0.5) is 0 Å². The summed E-state index contributed by atoms with van der Waals surface area (Å²) in [6.45, 7) is 6.60. The minimum atomic E-state index is -3.52. The van der Waals surface area contributed by atoms with E-state index in [1.165, 1.54) is 4.31 Å². The van der Waals surface area contributed by atoms with Gasteiger partial charge in [0.15, 0.2) is 0 Å². The van der Waals surface area contributed by atoms with Crippen molar-refractivity contribution in [2.75, 3.05) is 20.2 Å². The van der Waals surface area contributed by atoms with Crippen molar-refractivity contribution < 1.29 is 13.2 Å². The van der Waals surface area contributed by atoms with Crippen LogP contribution in [-0.2, 0) is 10.0 Å². The fourth-order valence-electron chi connectivity index (χ4n) is 3.09. The van der Waals surface area contributed by atoms with Gasteiger partial charge in [-0.05, 0) is 42.3 Å². The fraction of sp³-hybridized carbons (Fsp3) is 0.238. The molecule has 1 aliphatic rings. The Labute approximate surface area is 155 Å². The average Bonchev–Trinajstić information content (AvgIpc) is 3.06. The molecule has 0 N–H and O–H groups in total. The van der Waals surface area contributed by atoms with Gasteiger partial charge < -0.3 is 4.74 Å². The number of rotatable bonds is 5. The highest BCUT2D eigenvalue weighted by molar-refractivity contribution is 7.89. The van der Waals surface area contributed by atoms with Crippen molar-refractivity contribution in [3.05, 3.63) is 77.9 Å². The van der Waals surface area contributed by atoms with Gasteiger partial charge in [-0.25, -0.2) is 8.42 Å². The molecule has 136 valence electrons. The van der Waals surface area contributed by atoms with E-state index in [1.807, 2.05) is 55.5 Å². The molecule has 1 heterocycles. The molecule has 0 aliphatic carbocycles. The van der Waals surface area contributed by atoms with Gasteiger partial charge in [-0.1, -0.05) is 42.0 Å². The van der Waals surface area contributed by atoms with Crippen molar-refractivity contribution in [1.29, 1.82) is 0 Å². The van der Waals surface area contributed by atoms with Gasteiger partial charge in [0.2, 0.25) is 10.0 Å². The molecule has 1 saturated heterocycles. The Hall–Kier alpha value is -2.37. The highest BCUT2D eigenvalue weighted by Crippen LogP contribution is 2.31. The van der Waals surface area contributed by atoms with Crippen LogP contribution in [0.3, 0.4) is 0 Å². The second-order valence-corrected chi connectivity index (χ2v) is 8.39. The lowest BCUT2D eigenvalue weighted by Crippen LogP contribution is -2.28. The number of nitrogens with zero attached hydrogens (tertiary/aromatic N) is 1. The van der Waals surface area contributed by atoms with Gasteiger partial charge in [0.25, 0.3) is 0 Å². The van der Waals surface area contributed by atoms with E-state index in [0.29, 0.717) is 18.0 Å². The van der Waals surface area contributed by atoms with Crippen molar-refractivity contribution in [2.45, 2.75) is 11.8 Å². The zero-order valence-corrected chi connectivity index (χ0v) is 15.9.